The van der Waals surface area contributed by atoms with Crippen LogP contribution < -0.4 is 10.6 Å². The van der Waals surface area contributed by atoms with Gasteiger partial charge in [-0.2, -0.15) is 0 Å². The van der Waals surface area contributed by atoms with Gasteiger partial charge in [-0.25, -0.2) is 13.8 Å². The van der Waals surface area contributed by atoms with Crippen molar-refractivity contribution in [3.8, 4) is 0 Å². The lowest BCUT2D eigenvalue weighted by Gasteiger charge is -2.08. The lowest BCUT2D eigenvalue weighted by atomic mass is 10.2. The van der Waals surface area contributed by atoms with E-state index >= 15 is 0 Å². The van der Waals surface area contributed by atoms with Gasteiger partial charge in [0.25, 0.3) is 0 Å². The van der Waals surface area contributed by atoms with E-state index < -0.39 is 22.8 Å². The average Bonchev–Trinajstić information content (AvgIpc) is 2.89. The maximum atomic E-state index is 13.6. The molecular formula is C18H15F2N3O2S. The van der Waals surface area contributed by atoms with Crippen LogP contribution in [0.1, 0.15) is 12.0 Å². The Hall–Kier alpha value is -2.74. The van der Waals surface area contributed by atoms with Crippen LogP contribution >= 0.6 is 11.8 Å². The van der Waals surface area contributed by atoms with E-state index in [1.165, 1.54) is 0 Å². The first-order chi connectivity index (χ1) is 12.4. The Morgan fingerprint density at radius 3 is 2.81 bits per heavy atom. The smallest absolute Gasteiger partial charge is 0.240 e. The van der Waals surface area contributed by atoms with Gasteiger partial charge in [-0.3, -0.25) is 9.59 Å². The van der Waals surface area contributed by atoms with E-state index in [0.717, 1.165) is 29.5 Å². The summed E-state index contributed by atoms with van der Waals surface area (Å²) in [6.45, 7) is 1.94. The van der Waals surface area contributed by atoms with Gasteiger partial charge >= 0.3 is 0 Å². The van der Waals surface area contributed by atoms with Crippen molar-refractivity contribution in [2.24, 2.45) is 4.99 Å². The molecule has 2 aromatic rings. The third-order valence-corrected chi connectivity index (χ3v) is 4.67. The Morgan fingerprint density at radius 1 is 1.27 bits per heavy atom. The number of carbonyl (C=O) groups is 2. The van der Waals surface area contributed by atoms with E-state index in [0.29, 0.717) is 16.9 Å². The second-order valence-electron chi connectivity index (χ2n) is 5.73. The predicted molar refractivity (Wildman–Crippen MR) is 97.4 cm³/mol. The molecule has 1 aliphatic rings. The van der Waals surface area contributed by atoms with Gasteiger partial charge in [-0.1, -0.05) is 23.9 Å². The van der Waals surface area contributed by atoms with Crippen LogP contribution in [-0.2, 0) is 9.59 Å². The zero-order valence-corrected chi connectivity index (χ0v) is 14.6. The van der Waals surface area contributed by atoms with Crippen LogP contribution in [-0.4, -0.2) is 22.2 Å². The molecule has 0 aliphatic carbocycles. The van der Waals surface area contributed by atoms with Gasteiger partial charge < -0.3 is 10.6 Å². The number of nitrogens with one attached hydrogen (secondary N) is 2. The number of thioether (sulfide) groups is 1. The van der Waals surface area contributed by atoms with Gasteiger partial charge in [0, 0.05) is 12.5 Å². The molecule has 2 aromatic carbocycles. The molecule has 3 rings (SSSR count). The van der Waals surface area contributed by atoms with Crippen LogP contribution in [0.4, 0.5) is 20.2 Å². The summed E-state index contributed by atoms with van der Waals surface area (Å²) in [5, 5.41) is 4.72. The van der Waals surface area contributed by atoms with Crippen molar-refractivity contribution in [2.45, 2.75) is 18.6 Å². The fraction of sp³-hybridized carbons (Fsp3) is 0.167. The number of hydrogen-bond acceptors (Lipinski definition) is 4. The Kier molecular flexibility index (Phi) is 5.32. The summed E-state index contributed by atoms with van der Waals surface area (Å²) >= 11 is 1.14. The molecule has 2 N–H and O–H groups in total. The van der Waals surface area contributed by atoms with Gasteiger partial charge in [-0.05, 0) is 36.8 Å². The number of halogens is 2. The first kappa shape index (κ1) is 18.1. The normalized spacial score (nSPS) is 18.0. The first-order valence-corrected chi connectivity index (χ1v) is 8.66. The molecule has 0 radical (unpaired) electrons. The van der Waals surface area contributed by atoms with Gasteiger partial charge in [0.05, 0.1) is 11.4 Å². The number of hydrogen-bond donors (Lipinski definition) is 2. The quantitative estimate of drug-likeness (QED) is 0.859. The van der Waals surface area contributed by atoms with Crippen LogP contribution in [0, 0.1) is 18.6 Å². The SMILES string of the molecule is Cc1cccc(N=C2NC(=O)[C@@H](CC(=O)Nc3ccc(F)cc3F)S2)c1. The molecule has 0 spiro atoms. The zero-order valence-electron chi connectivity index (χ0n) is 13.8. The number of aliphatic imine (C=N–C) groups is 1. The number of nitrogens with zero attached hydrogens (tertiary/aromatic N) is 1. The highest BCUT2D eigenvalue weighted by molar-refractivity contribution is 8.15. The number of benzene rings is 2. The highest BCUT2D eigenvalue weighted by Crippen LogP contribution is 2.26. The van der Waals surface area contributed by atoms with E-state index in [2.05, 4.69) is 15.6 Å². The topological polar surface area (TPSA) is 70.6 Å². The molecule has 134 valence electrons. The van der Waals surface area contributed by atoms with Crippen LogP contribution in [0.5, 0.6) is 0 Å². The molecule has 1 saturated heterocycles. The highest BCUT2D eigenvalue weighted by Gasteiger charge is 2.32. The molecule has 0 bridgehead atoms. The van der Waals surface area contributed by atoms with E-state index in [1.54, 1.807) is 0 Å². The summed E-state index contributed by atoms with van der Waals surface area (Å²) in [7, 11) is 0. The minimum absolute atomic E-state index is 0.131. The third kappa shape index (κ3) is 4.45. The molecule has 1 aliphatic heterocycles. The van der Waals surface area contributed by atoms with Crippen molar-refractivity contribution in [3.63, 3.8) is 0 Å². The summed E-state index contributed by atoms with van der Waals surface area (Å²) in [6.07, 6.45) is -0.153. The fourth-order valence-corrected chi connectivity index (χ4v) is 3.36. The second kappa shape index (κ2) is 7.65. The number of rotatable bonds is 4. The van der Waals surface area contributed by atoms with E-state index in [1.807, 2.05) is 31.2 Å². The molecule has 26 heavy (non-hydrogen) atoms. The summed E-state index contributed by atoms with van der Waals surface area (Å²) in [6, 6.07) is 10.3. The summed E-state index contributed by atoms with van der Waals surface area (Å²) in [5.74, 6) is -2.48. The van der Waals surface area contributed by atoms with Crippen molar-refractivity contribution < 1.29 is 18.4 Å². The maximum absolute atomic E-state index is 13.6. The van der Waals surface area contributed by atoms with Gasteiger partial charge in [0.1, 0.15) is 16.9 Å². The lowest BCUT2D eigenvalue weighted by molar-refractivity contribution is -0.122. The third-order valence-electron chi connectivity index (χ3n) is 3.58. The molecule has 0 unspecified atom stereocenters. The van der Waals surface area contributed by atoms with Crippen LogP contribution in [0.25, 0.3) is 0 Å². The highest BCUT2D eigenvalue weighted by atomic mass is 32.2. The first-order valence-electron chi connectivity index (χ1n) is 7.78. The second-order valence-corrected chi connectivity index (χ2v) is 6.92. The van der Waals surface area contributed by atoms with Crippen LogP contribution in [0.3, 0.4) is 0 Å². The predicted octanol–water partition coefficient (Wildman–Crippen LogP) is 3.52. The Morgan fingerprint density at radius 2 is 2.08 bits per heavy atom. The molecule has 1 fully saturated rings. The molecule has 0 saturated carbocycles. The Labute approximate surface area is 152 Å². The van der Waals surface area contributed by atoms with Crippen LogP contribution in [0.15, 0.2) is 47.5 Å². The number of amides is 2. The van der Waals surface area contributed by atoms with Crippen LogP contribution in [0.2, 0.25) is 0 Å². The number of anilines is 1. The Bertz CT molecular complexity index is 902. The molecule has 1 heterocycles. The molecule has 0 aromatic heterocycles. The zero-order chi connectivity index (χ0) is 18.7. The Balaban J connectivity index is 1.63. The largest absolute Gasteiger partial charge is 0.324 e. The van der Waals surface area contributed by atoms with Gasteiger partial charge in [0.2, 0.25) is 11.8 Å². The van der Waals surface area contributed by atoms with Gasteiger partial charge in [0.15, 0.2) is 5.17 Å². The number of carbonyl (C=O) groups excluding carboxylic acids is 2. The van der Waals surface area contributed by atoms with Crippen molar-refractivity contribution in [3.05, 3.63) is 59.7 Å². The van der Waals surface area contributed by atoms with Crippen molar-refractivity contribution in [1.29, 1.82) is 0 Å². The minimum atomic E-state index is -0.872. The number of amidine groups is 1. The van der Waals surface area contributed by atoms with Crippen molar-refractivity contribution >= 4 is 40.1 Å². The minimum Gasteiger partial charge on any atom is -0.324 e. The maximum Gasteiger partial charge on any atom is 0.240 e. The van der Waals surface area contributed by atoms with Crippen molar-refractivity contribution in [2.75, 3.05) is 5.32 Å². The lowest BCUT2D eigenvalue weighted by Crippen LogP contribution is -2.28. The van der Waals surface area contributed by atoms with E-state index in [4.69, 9.17) is 0 Å². The molecule has 8 heteroatoms. The summed E-state index contributed by atoms with van der Waals surface area (Å²) in [4.78, 5) is 28.4. The monoisotopic (exact) mass is 375 g/mol. The molecule has 5 nitrogen and oxygen atoms in total. The summed E-state index contributed by atoms with van der Waals surface area (Å²) in [5.41, 5.74) is 1.61. The molecule has 2 amide bonds. The van der Waals surface area contributed by atoms with Gasteiger partial charge in [-0.15, -0.1) is 0 Å². The summed E-state index contributed by atoms with van der Waals surface area (Å²) < 4.78 is 26.5. The molecular weight excluding hydrogens is 360 g/mol. The molecule has 1 atom stereocenters. The average molecular weight is 375 g/mol. The van der Waals surface area contributed by atoms with E-state index in [9.17, 15) is 18.4 Å². The van der Waals surface area contributed by atoms with Crippen molar-refractivity contribution in [1.82, 2.24) is 5.32 Å². The van der Waals surface area contributed by atoms with E-state index in [-0.39, 0.29) is 18.0 Å². The fourth-order valence-electron chi connectivity index (χ4n) is 2.37. The standard InChI is InChI=1S/C18H15F2N3O2S/c1-10-3-2-4-12(7-10)21-18-23-17(25)15(26-18)9-16(24)22-14-6-5-11(19)8-13(14)20/h2-8,15H,9H2,1H3,(H,22,24)(H,21,23,25)/t15-/m1/s1. The number of aryl methyl sites for hydroxylation is 1.